The first-order valence-electron chi connectivity index (χ1n) is 7.57. The van der Waals surface area contributed by atoms with Crippen molar-refractivity contribution in [2.24, 2.45) is 0 Å². The van der Waals surface area contributed by atoms with Gasteiger partial charge in [0, 0.05) is 18.2 Å². The van der Waals surface area contributed by atoms with E-state index in [1.54, 1.807) is 0 Å². The number of ether oxygens (including phenoxy) is 1. The van der Waals surface area contributed by atoms with Crippen LogP contribution in [-0.2, 0) is 6.61 Å². The van der Waals surface area contributed by atoms with Gasteiger partial charge >= 0.3 is 0 Å². The number of hydrogen-bond donors (Lipinski definition) is 0. The first-order chi connectivity index (χ1) is 10.8. The van der Waals surface area contributed by atoms with Crippen LogP contribution in [0.25, 0.3) is 5.57 Å². The minimum atomic E-state index is 0.133. The first kappa shape index (κ1) is 14.4. The van der Waals surface area contributed by atoms with Gasteiger partial charge in [0.15, 0.2) is 0 Å². The lowest BCUT2D eigenvalue weighted by Crippen LogP contribution is -2.13. The number of allylic oxidation sites excluding steroid dienone is 2. The van der Waals surface area contributed by atoms with Crippen molar-refractivity contribution in [2.45, 2.75) is 25.7 Å². The maximum absolute atomic E-state index is 9.07. The minimum Gasteiger partial charge on any atom is -0.473 e. The normalized spacial score (nSPS) is 14.1. The van der Waals surface area contributed by atoms with E-state index in [0.717, 1.165) is 30.2 Å². The fourth-order valence-corrected chi connectivity index (χ4v) is 2.64. The molecule has 0 saturated heterocycles. The molecule has 0 atom stereocenters. The van der Waals surface area contributed by atoms with Crippen LogP contribution in [0.1, 0.15) is 17.5 Å². The summed E-state index contributed by atoms with van der Waals surface area (Å²) in [5.74, 6) is 2.99. The minimum absolute atomic E-state index is 0.133. The van der Waals surface area contributed by atoms with Gasteiger partial charge in [-0.15, -0.1) is 0 Å². The summed E-state index contributed by atoms with van der Waals surface area (Å²) < 4.78 is 5.69. The lowest BCUT2D eigenvalue weighted by molar-refractivity contribution is 0.294. The van der Waals surface area contributed by atoms with E-state index in [1.165, 1.54) is 5.57 Å². The third-order valence-corrected chi connectivity index (χ3v) is 3.89. The van der Waals surface area contributed by atoms with E-state index < -0.39 is 0 Å². The number of pyridine rings is 1. The molecule has 0 saturated carbocycles. The zero-order valence-corrected chi connectivity index (χ0v) is 12.4. The molecule has 2 aromatic rings. The predicted octanol–water partition coefficient (Wildman–Crippen LogP) is 4.01. The molecule has 0 N–H and O–H groups in total. The molecule has 3 rings (SSSR count). The molecule has 0 fully saturated rings. The van der Waals surface area contributed by atoms with Crippen LogP contribution in [0.4, 0.5) is 0 Å². The molecule has 1 aromatic heterocycles. The molecule has 1 aromatic carbocycles. The van der Waals surface area contributed by atoms with Crippen LogP contribution in [0.5, 0.6) is 5.88 Å². The quantitative estimate of drug-likeness (QED) is 0.799. The van der Waals surface area contributed by atoms with Crippen LogP contribution in [0.3, 0.4) is 0 Å². The van der Waals surface area contributed by atoms with Crippen molar-refractivity contribution >= 4 is 12.3 Å². The number of hydrogen-bond acceptors (Lipinski definition) is 3. The molecule has 2 heterocycles. The zero-order chi connectivity index (χ0) is 15.2. The van der Waals surface area contributed by atoms with Gasteiger partial charge in [0.25, 0.3) is 6.71 Å². The summed E-state index contributed by atoms with van der Waals surface area (Å²) in [6.07, 6.45) is 6.81. The standard InChI is InChI=1S/C18H17BN2O/c20-14-19-10-4-7-16(11-19)17-8-9-18(21-12-17)22-13-15-5-2-1-3-6-15/h1-3,5-9,12H,4,10-11,13H2. The summed E-state index contributed by atoms with van der Waals surface area (Å²) in [7, 11) is 0. The van der Waals surface area contributed by atoms with Crippen molar-refractivity contribution in [3.63, 3.8) is 0 Å². The molecule has 1 aliphatic rings. The Morgan fingerprint density at radius 3 is 2.77 bits per heavy atom. The van der Waals surface area contributed by atoms with E-state index in [9.17, 15) is 0 Å². The van der Waals surface area contributed by atoms with Gasteiger partial charge in [0.05, 0.1) is 0 Å². The molecule has 0 unspecified atom stereocenters. The molecule has 0 bridgehead atoms. The highest BCUT2D eigenvalue weighted by atomic mass is 16.5. The topological polar surface area (TPSA) is 45.9 Å². The number of rotatable bonds is 4. The van der Waals surface area contributed by atoms with Crippen LogP contribution < -0.4 is 4.74 Å². The third-order valence-electron chi connectivity index (χ3n) is 3.89. The van der Waals surface area contributed by atoms with Crippen molar-refractivity contribution in [1.82, 2.24) is 4.98 Å². The van der Waals surface area contributed by atoms with E-state index in [1.807, 2.05) is 48.7 Å². The Hall–Kier alpha value is -2.54. The molecule has 108 valence electrons. The summed E-state index contributed by atoms with van der Waals surface area (Å²) in [6, 6.07) is 14.0. The van der Waals surface area contributed by atoms with Gasteiger partial charge in [-0.2, -0.15) is 0 Å². The molecule has 22 heavy (non-hydrogen) atoms. The number of aromatic nitrogens is 1. The summed E-state index contributed by atoms with van der Waals surface area (Å²) >= 11 is 0. The van der Waals surface area contributed by atoms with Gasteiger partial charge in [-0.1, -0.05) is 42.7 Å². The van der Waals surface area contributed by atoms with Crippen LogP contribution in [0.15, 0.2) is 54.7 Å². The fraction of sp³-hybridized carbons (Fsp3) is 0.222. The van der Waals surface area contributed by atoms with Crippen molar-refractivity contribution < 1.29 is 4.74 Å². The van der Waals surface area contributed by atoms with Gasteiger partial charge in [-0.3, -0.25) is 0 Å². The highest BCUT2D eigenvalue weighted by Crippen LogP contribution is 2.28. The van der Waals surface area contributed by atoms with Gasteiger partial charge < -0.3 is 4.74 Å². The van der Waals surface area contributed by atoms with Gasteiger partial charge in [-0.05, 0) is 35.5 Å². The van der Waals surface area contributed by atoms with E-state index in [-0.39, 0.29) is 6.71 Å². The lowest BCUT2D eigenvalue weighted by atomic mass is 9.43. The molecule has 0 amide bonds. The maximum Gasteiger partial charge on any atom is 0.272 e. The Kier molecular flexibility index (Phi) is 4.55. The Morgan fingerprint density at radius 2 is 2.05 bits per heavy atom. The fourth-order valence-electron chi connectivity index (χ4n) is 2.64. The number of nitriles is 1. The van der Waals surface area contributed by atoms with Crippen LogP contribution in [0.2, 0.25) is 12.6 Å². The average Bonchev–Trinajstić information content (AvgIpc) is 2.61. The second kappa shape index (κ2) is 6.95. The van der Waals surface area contributed by atoms with Crippen LogP contribution in [0, 0.1) is 11.2 Å². The average molecular weight is 288 g/mol. The van der Waals surface area contributed by atoms with Crippen molar-refractivity contribution in [2.75, 3.05) is 0 Å². The van der Waals surface area contributed by atoms with Crippen molar-refractivity contribution in [1.29, 1.82) is 5.26 Å². The zero-order valence-electron chi connectivity index (χ0n) is 12.4. The molecule has 0 aliphatic carbocycles. The largest absolute Gasteiger partial charge is 0.473 e. The molecule has 1 aliphatic heterocycles. The second-order valence-corrected chi connectivity index (χ2v) is 5.50. The lowest BCUT2D eigenvalue weighted by Gasteiger charge is -2.15. The molecule has 3 nitrogen and oxygen atoms in total. The number of nitrogens with zero attached hydrogens (tertiary/aromatic N) is 2. The van der Waals surface area contributed by atoms with Gasteiger partial charge in [0.1, 0.15) is 6.61 Å². The summed E-state index contributed by atoms with van der Waals surface area (Å²) in [5.41, 5.74) is 3.44. The summed E-state index contributed by atoms with van der Waals surface area (Å²) in [6.45, 7) is 0.654. The Balaban J connectivity index is 1.63. The van der Waals surface area contributed by atoms with E-state index in [0.29, 0.717) is 12.5 Å². The molecule has 0 spiro atoms. The molecule has 0 radical (unpaired) electrons. The first-order valence-corrected chi connectivity index (χ1v) is 7.57. The van der Waals surface area contributed by atoms with Gasteiger partial charge in [-0.25, -0.2) is 10.2 Å². The molecule has 4 heteroatoms. The van der Waals surface area contributed by atoms with Crippen molar-refractivity contribution in [3.8, 4) is 11.8 Å². The smallest absolute Gasteiger partial charge is 0.272 e. The summed E-state index contributed by atoms with van der Waals surface area (Å²) in [5, 5.41) is 9.07. The Labute approximate surface area is 131 Å². The summed E-state index contributed by atoms with van der Waals surface area (Å²) in [4.78, 5) is 4.37. The molecular weight excluding hydrogens is 271 g/mol. The number of benzene rings is 1. The van der Waals surface area contributed by atoms with Crippen molar-refractivity contribution in [3.05, 3.63) is 65.9 Å². The highest BCUT2D eigenvalue weighted by molar-refractivity contribution is 6.69. The van der Waals surface area contributed by atoms with E-state index in [4.69, 9.17) is 10.00 Å². The van der Waals surface area contributed by atoms with Crippen LogP contribution in [-0.4, -0.2) is 11.7 Å². The van der Waals surface area contributed by atoms with E-state index >= 15 is 0 Å². The Morgan fingerprint density at radius 1 is 1.18 bits per heavy atom. The maximum atomic E-state index is 9.07. The second-order valence-electron chi connectivity index (χ2n) is 5.50. The molecular formula is C18H17BN2O. The third kappa shape index (κ3) is 3.56. The monoisotopic (exact) mass is 288 g/mol. The highest BCUT2D eigenvalue weighted by Gasteiger charge is 2.20. The van der Waals surface area contributed by atoms with Gasteiger partial charge in [0.2, 0.25) is 5.88 Å². The predicted molar refractivity (Wildman–Crippen MR) is 88.6 cm³/mol. The Bertz CT molecular complexity index is 689. The van der Waals surface area contributed by atoms with Crippen LogP contribution >= 0.6 is 0 Å². The SMILES string of the molecule is N#CB1CCC=C(c2ccc(OCc3ccccc3)nc2)C1. The van der Waals surface area contributed by atoms with E-state index in [2.05, 4.69) is 17.0 Å².